The standard InChI is InChI=1S/C11H13N.CH3NO2/c1-2-4-9-8(3-1)7-11-10(9)5-6-12-11;2-1(3)4/h1-4,8,11-12H,5-7H2;2H2,(H,3,4). The van der Waals surface area contributed by atoms with E-state index in [0.29, 0.717) is 6.04 Å². The lowest BCUT2D eigenvalue weighted by Crippen LogP contribution is -2.20. The third-order valence-electron chi connectivity index (χ3n) is 3.20. The smallest absolute Gasteiger partial charge is 0.402 e. The fraction of sp³-hybridized carbons (Fsp3) is 0.417. The van der Waals surface area contributed by atoms with Crippen LogP contribution in [0.3, 0.4) is 0 Å². The van der Waals surface area contributed by atoms with Gasteiger partial charge in [0.05, 0.1) is 0 Å². The lowest BCUT2D eigenvalue weighted by molar-refractivity contribution is 0.205. The number of carbonyl (C=O) groups is 1. The summed E-state index contributed by atoms with van der Waals surface area (Å²) in [5, 5.41) is 10.7. The monoisotopic (exact) mass is 220 g/mol. The van der Waals surface area contributed by atoms with Crippen molar-refractivity contribution in [3.63, 3.8) is 0 Å². The number of rotatable bonds is 0. The van der Waals surface area contributed by atoms with Crippen molar-refractivity contribution < 1.29 is 9.90 Å². The molecule has 0 aromatic carbocycles. The minimum absolute atomic E-state index is 0.706. The second-order valence-electron chi connectivity index (χ2n) is 4.16. The van der Waals surface area contributed by atoms with Crippen molar-refractivity contribution in [2.24, 2.45) is 11.7 Å². The molecular weight excluding hydrogens is 204 g/mol. The maximum Gasteiger partial charge on any atom is 0.402 e. The number of allylic oxidation sites excluding steroid dienone is 5. The highest BCUT2D eigenvalue weighted by molar-refractivity contribution is 5.61. The second-order valence-corrected chi connectivity index (χ2v) is 4.16. The minimum Gasteiger partial charge on any atom is -0.465 e. The molecule has 1 saturated heterocycles. The lowest BCUT2D eigenvalue weighted by atomic mass is 9.95. The van der Waals surface area contributed by atoms with E-state index in [2.05, 4.69) is 35.4 Å². The van der Waals surface area contributed by atoms with Crippen molar-refractivity contribution in [3.8, 4) is 0 Å². The van der Waals surface area contributed by atoms with Crippen LogP contribution in [0.2, 0.25) is 0 Å². The highest BCUT2D eigenvalue weighted by Gasteiger charge is 2.33. The molecule has 3 rings (SSSR count). The summed E-state index contributed by atoms with van der Waals surface area (Å²) in [6.07, 6.45) is 10.2. The SMILES string of the molecule is C1=CC2=C3CCNC3CC2C=C1.NC(=O)O. The van der Waals surface area contributed by atoms with Crippen LogP contribution >= 0.6 is 0 Å². The second kappa shape index (κ2) is 4.53. The molecule has 0 radical (unpaired) electrons. The van der Waals surface area contributed by atoms with Gasteiger partial charge in [0.15, 0.2) is 0 Å². The summed E-state index contributed by atoms with van der Waals surface area (Å²) in [7, 11) is 0. The average Bonchev–Trinajstić information content (AvgIpc) is 2.75. The molecule has 4 N–H and O–H groups in total. The molecule has 86 valence electrons. The highest BCUT2D eigenvalue weighted by Crippen LogP contribution is 2.39. The third kappa shape index (κ3) is 2.17. The van der Waals surface area contributed by atoms with Crippen LogP contribution in [0.4, 0.5) is 4.79 Å². The molecule has 1 fully saturated rings. The lowest BCUT2D eigenvalue weighted by Gasteiger charge is -2.11. The Hall–Kier alpha value is -1.55. The van der Waals surface area contributed by atoms with Gasteiger partial charge in [0.1, 0.15) is 0 Å². The summed E-state index contributed by atoms with van der Waals surface area (Å²) in [5.41, 5.74) is 7.31. The Bertz CT molecular complexity index is 378. The minimum atomic E-state index is -1.33. The van der Waals surface area contributed by atoms with Crippen molar-refractivity contribution >= 4 is 6.09 Å². The normalized spacial score (nSPS) is 29.5. The van der Waals surface area contributed by atoms with E-state index in [1.165, 1.54) is 19.4 Å². The fourth-order valence-electron chi connectivity index (χ4n) is 2.64. The van der Waals surface area contributed by atoms with E-state index in [4.69, 9.17) is 9.90 Å². The predicted molar refractivity (Wildman–Crippen MR) is 62.0 cm³/mol. The van der Waals surface area contributed by atoms with Crippen molar-refractivity contribution in [2.75, 3.05) is 6.54 Å². The number of nitrogens with two attached hydrogens (primary N) is 1. The molecule has 4 nitrogen and oxygen atoms in total. The maximum atomic E-state index is 8.78. The number of amides is 1. The first-order valence-corrected chi connectivity index (χ1v) is 5.48. The molecule has 2 atom stereocenters. The molecule has 0 bridgehead atoms. The van der Waals surface area contributed by atoms with Gasteiger partial charge in [0.25, 0.3) is 0 Å². The summed E-state index contributed by atoms with van der Waals surface area (Å²) < 4.78 is 0. The quantitative estimate of drug-likeness (QED) is 0.578. The molecule has 0 aromatic rings. The largest absolute Gasteiger partial charge is 0.465 e. The maximum absolute atomic E-state index is 8.78. The molecule has 16 heavy (non-hydrogen) atoms. The van der Waals surface area contributed by atoms with Gasteiger partial charge in [-0.15, -0.1) is 0 Å². The van der Waals surface area contributed by atoms with Crippen LogP contribution in [-0.4, -0.2) is 23.8 Å². The van der Waals surface area contributed by atoms with Crippen LogP contribution in [0.25, 0.3) is 0 Å². The molecule has 1 amide bonds. The van der Waals surface area contributed by atoms with Gasteiger partial charge in [-0.1, -0.05) is 24.3 Å². The number of hydrogen-bond donors (Lipinski definition) is 3. The van der Waals surface area contributed by atoms with E-state index in [-0.39, 0.29) is 0 Å². The van der Waals surface area contributed by atoms with Gasteiger partial charge in [-0.05, 0) is 30.5 Å². The number of fused-ring (bicyclic) bond motifs is 2. The summed E-state index contributed by atoms with van der Waals surface area (Å²) in [4.78, 5) is 8.78. The van der Waals surface area contributed by atoms with Gasteiger partial charge in [-0.3, -0.25) is 0 Å². The molecule has 1 heterocycles. The van der Waals surface area contributed by atoms with Crippen LogP contribution in [0.5, 0.6) is 0 Å². The van der Waals surface area contributed by atoms with E-state index < -0.39 is 6.09 Å². The van der Waals surface area contributed by atoms with E-state index >= 15 is 0 Å². The Morgan fingerprint density at radius 2 is 2.25 bits per heavy atom. The number of nitrogens with one attached hydrogen (secondary N) is 1. The Morgan fingerprint density at radius 1 is 1.50 bits per heavy atom. The zero-order valence-electron chi connectivity index (χ0n) is 9.02. The Labute approximate surface area is 94.5 Å². The summed E-state index contributed by atoms with van der Waals surface area (Å²) in [6, 6.07) is 0.706. The zero-order chi connectivity index (χ0) is 11.5. The summed E-state index contributed by atoms with van der Waals surface area (Å²) in [6.45, 7) is 1.19. The van der Waals surface area contributed by atoms with Gasteiger partial charge in [-0.2, -0.15) is 0 Å². The number of hydrogen-bond acceptors (Lipinski definition) is 2. The van der Waals surface area contributed by atoms with Crippen molar-refractivity contribution in [1.29, 1.82) is 0 Å². The summed E-state index contributed by atoms with van der Waals surface area (Å²) in [5.74, 6) is 0.725. The van der Waals surface area contributed by atoms with Crippen molar-refractivity contribution in [2.45, 2.75) is 18.9 Å². The van der Waals surface area contributed by atoms with Crippen LogP contribution in [0, 0.1) is 5.92 Å². The van der Waals surface area contributed by atoms with Crippen LogP contribution in [0.15, 0.2) is 35.5 Å². The highest BCUT2D eigenvalue weighted by atomic mass is 16.4. The molecule has 3 aliphatic rings. The van der Waals surface area contributed by atoms with Crippen molar-refractivity contribution in [1.82, 2.24) is 5.32 Å². The zero-order valence-corrected chi connectivity index (χ0v) is 9.02. The van der Waals surface area contributed by atoms with Gasteiger partial charge in [0, 0.05) is 12.0 Å². The van der Waals surface area contributed by atoms with E-state index in [1.54, 1.807) is 11.1 Å². The first kappa shape index (κ1) is 11.0. The van der Waals surface area contributed by atoms with Gasteiger partial charge in [0.2, 0.25) is 0 Å². The average molecular weight is 220 g/mol. The van der Waals surface area contributed by atoms with Crippen molar-refractivity contribution in [3.05, 3.63) is 35.5 Å². The molecule has 2 aliphatic carbocycles. The Kier molecular flexibility index (Phi) is 3.10. The molecule has 4 heteroatoms. The Morgan fingerprint density at radius 3 is 3.00 bits per heavy atom. The molecule has 1 aliphatic heterocycles. The molecular formula is C12H16N2O2. The van der Waals surface area contributed by atoms with Gasteiger partial charge >= 0.3 is 6.09 Å². The topological polar surface area (TPSA) is 75.3 Å². The van der Waals surface area contributed by atoms with Gasteiger partial charge in [-0.25, -0.2) is 4.79 Å². The molecule has 0 spiro atoms. The molecule has 0 aromatic heterocycles. The van der Waals surface area contributed by atoms with E-state index in [9.17, 15) is 0 Å². The predicted octanol–water partition coefficient (Wildman–Crippen LogP) is 1.41. The van der Waals surface area contributed by atoms with E-state index in [1.807, 2.05) is 0 Å². The summed E-state index contributed by atoms with van der Waals surface area (Å²) >= 11 is 0. The van der Waals surface area contributed by atoms with Gasteiger partial charge < -0.3 is 16.2 Å². The van der Waals surface area contributed by atoms with Crippen LogP contribution in [-0.2, 0) is 0 Å². The number of primary amides is 1. The first-order chi connectivity index (χ1) is 7.68. The first-order valence-electron chi connectivity index (χ1n) is 5.48. The number of carboxylic acid groups (broad SMARTS) is 1. The van der Waals surface area contributed by atoms with E-state index in [0.717, 1.165) is 5.92 Å². The molecule has 0 saturated carbocycles. The molecule has 2 unspecified atom stereocenters. The third-order valence-corrected chi connectivity index (χ3v) is 3.20. The van der Waals surface area contributed by atoms with Crippen LogP contribution in [0.1, 0.15) is 12.8 Å². The van der Waals surface area contributed by atoms with Crippen LogP contribution < -0.4 is 11.1 Å². The Balaban J connectivity index is 0.000000212. The fourth-order valence-corrected chi connectivity index (χ4v) is 2.64.